The number of rotatable bonds is 6. The molecule has 4 aromatic rings. The number of phenolic OH excluding ortho intramolecular Hbond substituents is 1. The highest BCUT2D eigenvalue weighted by Crippen LogP contribution is 2.44. The molecule has 3 atom stereocenters. The summed E-state index contributed by atoms with van der Waals surface area (Å²) in [4.78, 5) is 15.9. The van der Waals surface area contributed by atoms with E-state index in [-0.39, 0.29) is 64.6 Å². The number of hydrogen-bond acceptors (Lipinski definition) is 8. The number of aromatic hydroxyl groups is 1. The summed E-state index contributed by atoms with van der Waals surface area (Å²) in [6.07, 6.45) is 5.79. The lowest BCUT2D eigenvalue weighted by Crippen LogP contribution is -2.43. The van der Waals surface area contributed by atoms with Gasteiger partial charge < -0.3 is 19.9 Å². The average Bonchev–Trinajstić information content (AvgIpc) is 3.43. The van der Waals surface area contributed by atoms with Gasteiger partial charge in [0.25, 0.3) is 0 Å². The van der Waals surface area contributed by atoms with Crippen LogP contribution in [0.5, 0.6) is 17.6 Å². The van der Waals surface area contributed by atoms with Crippen LogP contribution < -0.4 is 14.8 Å². The predicted octanol–water partition coefficient (Wildman–Crippen LogP) is 6.40. The van der Waals surface area contributed by atoms with E-state index in [0.29, 0.717) is 35.5 Å². The fraction of sp³-hybridized carbons (Fsp3) is 0.424. The van der Waals surface area contributed by atoms with Gasteiger partial charge in [-0.15, -0.1) is 0 Å². The summed E-state index contributed by atoms with van der Waals surface area (Å²) in [5, 5.41) is 15.2. The van der Waals surface area contributed by atoms with Crippen molar-refractivity contribution in [1.82, 2.24) is 19.9 Å². The maximum atomic E-state index is 16.8. The van der Waals surface area contributed by atoms with E-state index in [9.17, 15) is 13.9 Å². The van der Waals surface area contributed by atoms with Crippen LogP contribution in [-0.4, -0.2) is 69.0 Å². The summed E-state index contributed by atoms with van der Waals surface area (Å²) in [5.74, 6) is -0.600. The van der Waals surface area contributed by atoms with Gasteiger partial charge in [0, 0.05) is 29.5 Å². The molecule has 2 aromatic carbocycles. The molecule has 2 saturated heterocycles. The standard InChI is InChI=1S/C33H32F3N5O3/c1-2-21-23(35)8-7-18-11-20(42)12-22(25(18)21)28-27(36)29-26-30(37-24(17-5-3-6-17)15-43-31(26)38-28)40-32(39-29)44-16-33-9-4-10-41(33)14-19(34)13-33/h2,7-8,11-12,17,19,24,42H,1,3-6,9-10,13-16H2,(H,37,39,40)/t19-,24-,33+/m1/s1. The number of pyridine rings is 1. The molecule has 1 saturated carbocycles. The zero-order chi connectivity index (χ0) is 30.2. The van der Waals surface area contributed by atoms with Gasteiger partial charge in [-0.2, -0.15) is 9.97 Å². The second-order valence-corrected chi connectivity index (χ2v) is 12.5. The third kappa shape index (κ3) is 4.27. The lowest BCUT2D eigenvalue weighted by Gasteiger charge is -2.33. The van der Waals surface area contributed by atoms with E-state index in [4.69, 9.17) is 9.47 Å². The third-order valence-corrected chi connectivity index (χ3v) is 9.95. The normalized spacial score (nSPS) is 24.9. The number of benzene rings is 2. The zero-order valence-electron chi connectivity index (χ0n) is 24.1. The maximum absolute atomic E-state index is 16.8. The molecular weight excluding hydrogens is 571 g/mol. The number of ether oxygens (including phenoxy) is 2. The van der Waals surface area contributed by atoms with Crippen molar-refractivity contribution in [2.45, 2.75) is 56.3 Å². The molecule has 0 unspecified atom stereocenters. The minimum absolute atomic E-state index is 0.0293. The summed E-state index contributed by atoms with van der Waals surface area (Å²) >= 11 is 0. The SMILES string of the molecule is C=Cc1c(F)ccc2cc(O)cc(-c3nc4c5c(nc(OC[C@@]67CCCN6C[C@H](F)C7)nc5c3F)N[C@@H](C3CCC3)CO4)c12. The molecule has 8 nitrogen and oxygen atoms in total. The van der Waals surface area contributed by atoms with E-state index in [0.717, 1.165) is 38.6 Å². The molecule has 4 aliphatic rings. The number of alkyl halides is 1. The monoisotopic (exact) mass is 603 g/mol. The van der Waals surface area contributed by atoms with Gasteiger partial charge in [0.1, 0.15) is 53.4 Å². The topological polar surface area (TPSA) is 92.6 Å². The Kier molecular flexibility index (Phi) is 6.37. The highest BCUT2D eigenvalue weighted by molar-refractivity contribution is 6.05. The molecule has 1 aliphatic carbocycles. The van der Waals surface area contributed by atoms with Crippen LogP contribution in [0.3, 0.4) is 0 Å². The Balaban J connectivity index is 1.30. The highest BCUT2D eigenvalue weighted by Gasteiger charge is 2.49. The van der Waals surface area contributed by atoms with Gasteiger partial charge in [0.15, 0.2) is 5.82 Å². The summed E-state index contributed by atoms with van der Waals surface area (Å²) in [7, 11) is 0. The fourth-order valence-corrected chi connectivity index (χ4v) is 7.54. The largest absolute Gasteiger partial charge is 0.508 e. The van der Waals surface area contributed by atoms with Crippen molar-refractivity contribution in [2.24, 2.45) is 5.92 Å². The van der Waals surface area contributed by atoms with Crippen molar-refractivity contribution in [3.8, 4) is 28.9 Å². The fourth-order valence-electron chi connectivity index (χ4n) is 7.54. The Morgan fingerprint density at radius 1 is 1.16 bits per heavy atom. The predicted molar refractivity (Wildman–Crippen MR) is 161 cm³/mol. The zero-order valence-corrected chi connectivity index (χ0v) is 24.1. The lowest BCUT2D eigenvalue weighted by atomic mass is 9.80. The molecule has 5 heterocycles. The van der Waals surface area contributed by atoms with Crippen LogP contribution in [0.1, 0.15) is 44.1 Å². The molecule has 0 spiro atoms. The molecule has 2 aromatic heterocycles. The number of halogens is 3. The molecule has 44 heavy (non-hydrogen) atoms. The Bertz CT molecular complexity index is 1830. The molecule has 11 heteroatoms. The quantitative estimate of drug-likeness (QED) is 0.262. The molecule has 3 fully saturated rings. The number of phenols is 1. The second-order valence-electron chi connectivity index (χ2n) is 12.5. The van der Waals surface area contributed by atoms with Crippen LogP contribution in [0.2, 0.25) is 0 Å². The molecular formula is C33H32F3N5O3. The lowest BCUT2D eigenvalue weighted by molar-refractivity contribution is 0.107. The van der Waals surface area contributed by atoms with Crippen LogP contribution in [0.15, 0.2) is 30.8 Å². The molecule has 0 bridgehead atoms. The minimum Gasteiger partial charge on any atom is -0.508 e. The Labute approximate surface area is 251 Å². The van der Waals surface area contributed by atoms with Gasteiger partial charge in [0.05, 0.1) is 11.6 Å². The van der Waals surface area contributed by atoms with Gasteiger partial charge in [-0.25, -0.2) is 18.2 Å². The van der Waals surface area contributed by atoms with Crippen molar-refractivity contribution in [1.29, 1.82) is 0 Å². The van der Waals surface area contributed by atoms with Crippen LogP contribution in [0.4, 0.5) is 19.0 Å². The van der Waals surface area contributed by atoms with E-state index in [1.165, 1.54) is 30.3 Å². The van der Waals surface area contributed by atoms with E-state index in [1.807, 2.05) is 0 Å². The Hall–Kier alpha value is -4.12. The van der Waals surface area contributed by atoms with Crippen molar-refractivity contribution in [3.63, 3.8) is 0 Å². The van der Waals surface area contributed by atoms with Gasteiger partial charge >= 0.3 is 6.01 Å². The van der Waals surface area contributed by atoms with E-state index in [1.54, 1.807) is 0 Å². The number of fused-ring (bicyclic) bond motifs is 2. The Morgan fingerprint density at radius 2 is 2.02 bits per heavy atom. The summed E-state index contributed by atoms with van der Waals surface area (Å²) in [6, 6.07) is 5.52. The molecule has 8 rings (SSSR count). The van der Waals surface area contributed by atoms with E-state index >= 15 is 4.39 Å². The minimum atomic E-state index is -0.917. The number of anilines is 1. The van der Waals surface area contributed by atoms with Crippen molar-refractivity contribution < 1.29 is 27.8 Å². The van der Waals surface area contributed by atoms with E-state index < -0.39 is 23.3 Å². The smallest absolute Gasteiger partial charge is 0.319 e. The van der Waals surface area contributed by atoms with Crippen LogP contribution >= 0.6 is 0 Å². The average molecular weight is 604 g/mol. The van der Waals surface area contributed by atoms with Crippen molar-refractivity contribution >= 4 is 33.6 Å². The Morgan fingerprint density at radius 3 is 2.82 bits per heavy atom. The van der Waals surface area contributed by atoms with Gasteiger partial charge in [0.2, 0.25) is 5.88 Å². The second kappa shape index (κ2) is 10.2. The molecule has 0 radical (unpaired) electrons. The summed E-state index contributed by atoms with van der Waals surface area (Å²) in [6.45, 7) is 5.42. The molecule has 228 valence electrons. The first kappa shape index (κ1) is 27.4. The number of hydrogen-bond donors (Lipinski definition) is 2. The van der Waals surface area contributed by atoms with Crippen molar-refractivity contribution in [3.05, 3.63) is 48.0 Å². The van der Waals surface area contributed by atoms with Gasteiger partial charge in [-0.3, -0.25) is 4.90 Å². The molecule has 2 N–H and O–H groups in total. The van der Waals surface area contributed by atoms with Crippen molar-refractivity contribution in [2.75, 3.05) is 31.6 Å². The highest BCUT2D eigenvalue weighted by atomic mass is 19.1. The number of nitrogens with zero attached hydrogens (tertiary/aromatic N) is 4. The summed E-state index contributed by atoms with van der Waals surface area (Å²) in [5.41, 5.74) is -0.334. The number of nitrogens with one attached hydrogen (secondary N) is 1. The third-order valence-electron chi connectivity index (χ3n) is 9.95. The van der Waals surface area contributed by atoms with Crippen LogP contribution in [0.25, 0.3) is 39.0 Å². The van der Waals surface area contributed by atoms with E-state index in [2.05, 4.69) is 31.7 Å². The summed E-state index contributed by atoms with van der Waals surface area (Å²) < 4.78 is 58.5. The van der Waals surface area contributed by atoms with Crippen LogP contribution in [-0.2, 0) is 0 Å². The first-order chi connectivity index (χ1) is 21.3. The van der Waals surface area contributed by atoms with Crippen LogP contribution in [0, 0.1) is 17.6 Å². The van der Waals surface area contributed by atoms with Gasteiger partial charge in [-0.05, 0) is 61.7 Å². The maximum Gasteiger partial charge on any atom is 0.319 e. The number of aromatic nitrogens is 3. The molecule has 0 amide bonds. The first-order valence-corrected chi connectivity index (χ1v) is 15.2. The first-order valence-electron chi connectivity index (χ1n) is 15.2. The molecule has 3 aliphatic heterocycles. The van der Waals surface area contributed by atoms with Gasteiger partial charge in [-0.1, -0.05) is 25.1 Å².